The molecule has 0 unspecified atom stereocenters. The smallest absolute Gasteiger partial charge is 0.257 e. The molecule has 3 heterocycles. The molecular weight excluding hydrogens is 268 g/mol. The van der Waals surface area contributed by atoms with Crippen molar-refractivity contribution < 1.29 is 9.53 Å². The third-order valence-corrected chi connectivity index (χ3v) is 4.60. The molecule has 1 aromatic heterocycles. The Bertz CT molecular complexity index is 494. The van der Waals surface area contributed by atoms with Gasteiger partial charge >= 0.3 is 0 Å². The quantitative estimate of drug-likeness (QED) is 0.885. The molecule has 3 rings (SSSR count). The highest BCUT2D eigenvalue weighted by atomic mass is 16.5. The van der Waals surface area contributed by atoms with Gasteiger partial charge in [-0.1, -0.05) is 0 Å². The van der Waals surface area contributed by atoms with E-state index in [-0.39, 0.29) is 5.91 Å². The Labute approximate surface area is 125 Å². The molecule has 0 aliphatic carbocycles. The van der Waals surface area contributed by atoms with Crippen LogP contribution in [0.5, 0.6) is 0 Å². The number of amides is 1. The van der Waals surface area contributed by atoms with Crippen molar-refractivity contribution in [3.05, 3.63) is 17.5 Å². The van der Waals surface area contributed by atoms with Gasteiger partial charge in [0.25, 0.3) is 5.91 Å². The molecule has 0 saturated carbocycles. The standard InChI is InChI=1S/C15H24N4O2/c1-11-10-19(7-8-21-11)13-3-5-18(6-4-13)15(20)14-9-16-17-12(14)2/h9,11,13H,3-8,10H2,1-2H3,(H,16,17)/t11-/m0/s1. The van der Waals surface area contributed by atoms with Crippen molar-refractivity contribution in [2.24, 2.45) is 0 Å². The number of aromatic nitrogens is 2. The van der Waals surface area contributed by atoms with Crippen molar-refractivity contribution in [3.63, 3.8) is 0 Å². The minimum Gasteiger partial charge on any atom is -0.376 e. The molecule has 1 aromatic rings. The average Bonchev–Trinajstić information content (AvgIpc) is 2.93. The summed E-state index contributed by atoms with van der Waals surface area (Å²) < 4.78 is 5.60. The van der Waals surface area contributed by atoms with Gasteiger partial charge in [0.05, 0.1) is 24.5 Å². The number of hydrogen-bond acceptors (Lipinski definition) is 4. The maximum atomic E-state index is 12.4. The largest absolute Gasteiger partial charge is 0.376 e. The molecule has 6 nitrogen and oxygen atoms in total. The first-order valence-electron chi connectivity index (χ1n) is 7.80. The van der Waals surface area contributed by atoms with E-state index in [1.165, 1.54) is 0 Å². The molecule has 116 valence electrons. The monoisotopic (exact) mass is 292 g/mol. The molecular formula is C15H24N4O2. The van der Waals surface area contributed by atoms with Crippen LogP contribution in [0.15, 0.2) is 6.20 Å². The van der Waals surface area contributed by atoms with Crippen molar-refractivity contribution in [1.82, 2.24) is 20.0 Å². The van der Waals surface area contributed by atoms with Gasteiger partial charge in [-0.15, -0.1) is 0 Å². The topological polar surface area (TPSA) is 61.5 Å². The Morgan fingerprint density at radius 3 is 2.76 bits per heavy atom. The van der Waals surface area contributed by atoms with Gasteiger partial charge in [0, 0.05) is 37.9 Å². The fourth-order valence-electron chi connectivity index (χ4n) is 3.35. The number of nitrogens with one attached hydrogen (secondary N) is 1. The first-order chi connectivity index (χ1) is 10.1. The van der Waals surface area contributed by atoms with Crippen LogP contribution in [0.4, 0.5) is 0 Å². The molecule has 6 heteroatoms. The van der Waals surface area contributed by atoms with E-state index in [2.05, 4.69) is 22.0 Å². The molecule has 0 aromatic carbocycles. The Balaban J connectivity index is 1.55. The van der Waals surface area contributed by atoms with Crippen LogP contribution in [0.2, 0.25) is 0 Å². The maximum Gasteiger partial charge on any atom is 0.257 e. The van der Waals surface area contributed by atoms with Crippen LogP contribution < -0.4 is 0 Å². The average molecular weight is 292 g/mol. The summed E-state index contributed by atoms with van der Waals surface area (Å²) in [6.07, 6.45) is 4.06. The van der Waals surface area contributed by atoms with E-state index < -0.39 is 0 Å². The zero-order valence-corrected chi connectivity index (χ0v) is 12.8. The van der Waals surface area contributed by atoms with E-state index in [1.54, 1.807) is 6.20 Å². The third-order valence-electron chi connectivity index (χ3n) is 4.60. The lowest BCUT2D eigenvalue weighted by atomic mass is 10.0. The van der Waals surface area contributed by atoms with Crippen molar-refractivity contribution in [3.8, 4) is 0 Å². The predicted octanol–water partition coefficient (Wildman–Crippen LogP) is 1.04. The summed E-state index contributed by atoms with van der Waals surface area (Å²) in [4.78, 5) is 16.9. The van der Waals surface area contributed by atoms with Gasteiger partial charge in [0.1, 0.15) is 0 Å². The fourth-order valence-corrected chi connectivity index (χ4v) is 3.35. The number of carbonyl (C=O) groups is 1. The van der Waals surface area contributed by atoms with Crippen LogP contribution in [-0.2, 0) is 4.74 Å². The van der Waals surface area contributed by atoms with E-state index in [9.17, 15) is 4.79 Å². The number of aryl methyl sites for hydroxylation is 1. The Kier molecular flexibility index (Phi) is 4.26. The van der Waals surface area contributed by atoms with Gasteiger partial charge in [-0.25, -0.2) is 0 Å². The molecule has 1 atom stereocenters. The minimum atomic E-state index is 0.107. The summed E-state index contributed by atoms with van der Waals surface area (Å²) in [5, 5.41) is 6.77. The summed E-state index contributed by atoms with van der Waals surface area (Å²) in [6.45, 7) is 8.55. The highest BCUT2D eigenvalue weighted by molar-refractivity contribution is 5.95. The van der Waals surface area contributed by atoms with Gasteiger partial charge < -0.3 is 9.64 Å². The zero-order chi connectivity index (χ0) is 14.8. The van der Waals surface area contributed by atoms with Crippen molar-refractivity contribution >= 4 is 5.91 Å². The third kappa shape index (κ3) is 3.11. The number of likely N-dealkylation sites (tertiary alicyclic amines) is 1. The number of nitrogens with zero attached hydrogens (tertiary/aromatic N) is 3. The zero-order valence-electron chi connectivity index (χ0n) is 12.8. The first-order valence-corrected chi connectivity index (χ1v) is 7.80. The first kappa shape index (κ1) is 14.5. The van der Waals surface area contributed by atoms with E-state index in [0.29, 0.717) is 17.7 Å². The van der Waals surface area contributed by atoms with Crippen molar-refractivity contribution in [1.29, 1.82) is 0 Å². The van der Waals surface area contributed by atoms with Gasteiger partial charge in [0.2, 0.25) is 0 Å². The molecule has 0 radical (unpaired) electrons. The summed E-state index contributed by atoms with van der Waals surface area (Å²) in [7, 11) is 0. The number of aromatic amines is 1. The highest BCUT2D eigenvalue weighted by Gasteiger charge is 2.30. The number of ether oxygens (including phenoxy) is 1. The van der Waals surface area contributed by atoms with Gasteiger partial charge in [0.15, 0.2) is 0 Å². The number of carbonyl (C=O) groups excluding carboxylic acids is 1. The number of hydrogen-bond donors (Lipinski definition) is 1. The number of piperidine rings is 1. The van der Waals surface area contributed by atoms with Crippen LogP contribution >= 0.6 is 0 Å². The molecule has 1 amide bonds. The summed E-state index contributed by atoms with van der Waals surface area (Å²) >= 11 is 0. The molecule has 2 saturated heterocycles. The highest BCUT2D eigenvalue weighted by Crippen LogP contribution is 2.21. The minimum absolute atomic E-state index is 0.107. The second-order valence-corrected chi connectivity index (χ2v) is 6.11. The van der Waals surface area contributed by atoms with E-state index in [4.69, 9.17) is 4.74 Å². The predicted molar refractivity (Wildman–Crippen MR) is 79.2 cm³/mol. The molecule has 0 bridgehead atoms. The lowest BCUT2D eigenvalue weighted by molar-refractivity contribution is -0.0423. The Morgan fingerprint density at radius 1 is 1.38 bits per heavy atom. The van der Waals surface area contributed by atoms with Crippen molar-refractivity contribution in [2.75, 3.05) is 32.8 Å². The van der Waals surface area contributed by atoms with Crippen LogP contribution in [0.3, 0.4) is 0 Å². The molecule has 0 spiro atoms. The summed E-state index contributed by atoms with van der Waals surface area (Å²) in [5.41, 5.74) is 1.55. The molecule has 1 N–H and O–H groups in total. The SMILES string of the molecule is Cc1[nH]ncc1C(=O)N1CCC(N2CCO[C@@H](C)C2)CC1. The van der Waals surface area contributed by atoms with Crippen LogP contribution in [0.25, 0.3) is 0 Å². The summed E-state index contributed by atoms with van der Waals surface area (Å²) in [5.74, 6) is 0.107. The van der Waals surface area contributed by atoms with E-state index >= 15 is 0 Å². The summed E-state index contributed by atoms with van der Waals surface area (Å²) in [6, 6.07) is 0.589. The number of H-pyrrole nitrogens is 1. The van der Waals surface area contributed by atoms with E-state index in [1.807, 2.05) is 11.8 Å². The van der Waals surface area contributed by atoms with Crippen LogP contribution in [0.1, 0.15) is 35.8 Å². The lowest BCUT2D eigenvalue weighted by Crippen LogP contribution is -2.51. The molecule has 2 fully saturated rings. The molecule has 21 heavy (non-hydrogen) atoms. The van der Waals surface area contributed by atoms with Gasteiger partial charge in [-0.05, 0) is 26.7 Å². The second kappa shape index (κ2) is 6.15. The fraction of sp³-hybridized carbons (Fsp3) is 0.733. The van der Waals surface area contributed by atoms with Crippen LogP contribution in [0, 0.1) is 6.92 Å². The number of rotatable bonds is 2. The Morgan fingerprint density at radius 2 is 2.14 bits per heavy atom. The molecule has 2 aliphatic rings. The second-order valence-electron chi connectivity index (χ2n) is 6.11. The molecule has 2 aliphatic heterocycles. The maximum absolute atomic E-state index is 12.4. The lowest BCUT2D eigenvalue weighted by Gasteiger charge is -2.41. The van der Waals surface area contributed by atoms with Crippen LogP contribution in [-0.4, -0.2) is 70.8 Å². The Hall–Kier alpha value is -1.40. The number of morpholine rings is 1. The normalized spacial score (nSPS) is 25.2. The van der Waals surface area contributed by atoms with Gasteiger partial charge in [-0.3, -0.25) is 14.8 Å². The van der Waals surface area contributed by atoms with Gasteiger partial charge in [-0.2, -0.15) is 5.10 Å². The van der Waals surface area contributed by atoms with Crippen molar-refractivity contribution in [2.45, 2.75) is 38.8 Å². The van der Waals surface area contributed by atoms with E-state index in [0.717, 1.165) is 51.3 Å².